The van der Waals surface area contributed by atoms with Crippen molar-refractivity contribution in [3.63, 3.8) is 0 Å². The van der Waals surface area contributed by atoms with Crippen LogP contribution in [-0.4, -0.2) is 58.0 Å². The Morgan fingerprint density at radius 2 is 1.80 bits per heavy atom. The van der Waals surface area contributed by atoms with Gasteiger partial charge in [-0.25, -0.2) is 22.8 Å². The molecule has 0 saturated carbocycles. The molecule has 1 heterocycles. The second-order valence-corrected chi connectivity index (χ2v) is 10.7. The normalized spacial score (nSPS) is 12.8. The first-order valence-electron chi connectivity index (χ1n) is 14.2. The van der Waals surface area contributed by atoms with Crippen LogP contribution in [-0.2, 0) is 16.1 Å². The van der Waals surface area contributed by atoms with Crippen LogP contribution in [0.3, 0.4) is 0 Å². The first-order chi connectivity index (χ1) is 19.5. The first-order valence-corrected chi connectivity index (χ1v) is 14.2. The summed E-state index contributed by atoms with van der Waals surface area (Å²) in [4.78, 5) is 19.8. The molecule has 0 unspecified atom stereocenters. The minimum Gasteiger partial charge on any atom is -0.372 e. The fraction of sp³-hybridized carbons (Fsp3) is 0.516. The number of alkyl halides is 1. The summed E-state index contributed by atoms with van der Waals surface area (Å²) in [7, 11) is 0. The Labute approximate surface area is 241 Å². The Kier molecular flexibility index (Phi) is 13.5. The predicted molar refractivity (Wildman–Crippen MR) is 156 cm³/mol. The van der Waals surface area contributed by atoms with Gasteiger partial charge in [-0.2, -0.15) is 5.10 Å². The average Bonchev–Trinajstić information content (AvgIpc) is 3.35. The van der Waals surface area contributed by atoms with Crippen molar-refractivity contribution in [3.8, 4) is 11.4 Å². The second kappa shape index (κ2) is 16.3. The van der Waals surface area contributed by atoms with Gasteiger partial charge in [0.25, 0.3) is 0 Å². The molecule has 0 spiro atoms. The SMILES string of the molecule is CC.CCCOCC(=O)N(CC[C@@H](N)CF)[C@@H](c1nc(-c2cc(F)ccc2F)nn1Cc1ccccc1)C(C)(C)C. The first kappa shape index (κ1) is 34.0. The average molecular weight is 576 g/mol. The fourth-order valence-corrected chi connectivity index (χ4v) is 4.37. The van der Waals surface area contributed by atoms with Crippen molar-refractivity contribution >= 4 is 5.91 Å². The van der Waals surface area contributed by atoms with E-state index in [2.05, 4.69) is 5.10 Å². The van der Waals surface area contributed by atoms with E-state index in [1.54, 1.807) is 9.58 Å². The quantitative estimate of drug-likeness (QED) is 0.241. The number of rotatable bonds is 13. The van der Waals surface area contributed by atoms with Crippen molar-refractivity contribution < 1.29 is 22.7 Å². The van der Waals surface area contributed by atoms with Gasteiger partial charge in [-0.3, -0.25) is 4.79 Å². The van der Waals surface area contributed by atoms with Crippen LogP contribution in [0.4, 0.5) is 13.2 Å². The number of aromatic nitrogens is 3. The molecule has 0 bridgehead atoms. The molecule has 41 heavy (non-hydrogen) atoms. The van der Waals surface area contributed by atoms with Crippen LogP contribution >= 0.6 is 0 Å². The van der Waals surface area contributed by atoms with Gasteiger partial charge in [0.2, 0.25) is 5.91 Å². The van der Waals surface area contributed by atoms with Crippen LogP contribution in [0.5, 0.6) is 0 Å². The molecule has 0 fully saturated rings. The number of ether oxygens (including phenoxy) is 1. The van der Waals surface area contributed by atoms with Gasteiger partial charge in [-0.1, -0.05) is 71.9 Å². The van der Waals surface area contributed by atoms with Crippen molar-refractivity contribution in [3.05, 3.63) is 71.6 Å². The molecule has 1 amide bonds. The van der Waals surface area contributed by atoms with Gasteiger partial charge in [-0.05, 0) is 42.0 Å². The minimum absolute atomic E-state index is 0.00210. The molecule has 0 aliphatic rings. The molecule has 226 valence electrons. The summed E-state index contributed by atoms with van der Waals surface area (Å²) in [5.41, 5.74) is 6.12. The number of carbonyl (C=O) groups is 1. The van der Waals surface area contributed by atoms with E-state index >= 15 is 0 Å². The van der Waals surface area contributed by atoms with Gasteiger partial charge in [-0.15, -0.1) is 0 Å². The third-order valence-corrected chi connectivity index (χ3v) is 6.25. The number of carbonyl (C=O) groups excluding carboxylic acids is 1. The van der Waals surface area contributed by atoms with Crippen molar-refractivity contribution in [1.29, 1.82) is 0 Å². The molecule has 0 radical (unpaired) electrons. The standard InChI is InChI=1S/C29H38F3N5O2.C2H6/c1-5-15-39-19-25(38)36(14-13-22(33)17-30)26(29(2,3)4)28-34-27(23-16-21(31)11-12-24(23)32)35-37(28)18-20-9-7-6-8-10-20;1-2/h6-12,16,22,26H,5,13-15,17-19,33H2,1-4H3;1-2H3/t22-,26+;/m1./s1. The summed E-state index contributed by atoms with van der Waals surface area (Å²) in [6.07, 6.45) is 0.970. The van der Waals surface area contributed by atoms with Crippen LogP contribution in [0.25, 0.3) is 11.4 Å². The summed E-state index contributed by atoms with van der Waals surface area (Å²) in [6, 6.07) is 11.2. The lowest BCUT2D eigenvalue weighted by Gasteiger charge is -2.40. The molecule has 2 aromatic carbocycles. The Bertz CT molecular complexity index is 1210. The van der Waals surface area contributed by atoms with Crippen LogP contribution in [0.15, 0.2) is 48.5 Å². The van der Waals surface area contributed by atoms with Crippen molar-refractivity contribution in [1.82, 2.24) is 19.7 Å². The maximum Gasteiger partial charge on any atom is 0.249 e. The van der Waals surface area contributed by atoms with E-state index in [1.165, 1.54) is 0 Å². The van der Waals surface area contributed by atoms with E-state index in [0.29, 0.717) is 12.4 Å². The van der Waals surface area contributed by atoms with E-state index in [9.17, 15) is 18.0 Å². The largest absolute Gasteiger partial charge is 0.372 e. The predicted octanol–water partition coefficient (Wildman–Crippen LogP) is 6.33. The third-order valence-electron chi connectivity index (χ3n) is 6.25. The Hall–Kier alpha value is -3.24. The Morgan fingerprint density at radius 3 is 2.41 bits per heavy atom. The number of nitrogens with zero attached hydrogens (tertiary/aromatic N) is 4. The van der Waals surface area contributed by atoms with E-state index < -0.39 is 35.8 Å². The second-order valence-electron chi connectivity index (χ2n) is 10.7. The summed E-state index contributed by atoms with van der Waals surface area (Å²) >= 11 is 0. The van der Waals surface area contributed by atoms with Gasteiger partial charge in [0.15, 0.2) is 11.6 Å². The van der Waals surface area contributed by atoms with Gasteiger partial charge in [0.1, 0.15) is 24.9 Å². The number of hydrogen-bond acceptors (Lipinski definition) is 5. The zero-order chi connectivity index (χ0) is 30.6. The van der Waals surface area contributed by atoms with Crippen LogP contribution < -0.4 is 5.73 Å². The van der Waals surface area contributed by atoms with Crippen LogP contribution in [0.2, 0.25) is 0 Å². The van der Waals surface area contributed by atoms with E-state index in [-0.39, 0.29) is 43.4 Å². The molecule has 2 N–H and O–H groups in total. The number of nitrogens with two attached hydrogens (primary N) is 1. The summed E-state index contributed by atoms with van der Waals surface area (Å²) in [5, 5.41) is 4.59. The molecular weight excluding hydrogens is 531 g/mol. The third kappa shape index (κ3) is 9.67. The van der Waals surface area contributed by atoms with Crippen LogP contribution in [0, 0.1) is 17.0 Å². The zero-order valence-corrected chi connectivity index (χ0v) is 25.0. The zero-order valence-electron chi connectivity index (χ0n) is 25.0. The maximum absolute atomic E-state index is 14.8. The molecule has 0 aliphatic carbocycles. The Balaban J connectivity index is 0.00000287. The van der Waals surface area contributed by atoms with Gasteiger partial charge < -0.3 is 15.4 Å². The molecule has 3 aromatic rings. The number of hydrogen-bond donors (Lipinski definition) is 1. The lowest BCUT2D eigenvalue weighted by Crippen LogP contribution is -2.46. The highest BCUT2D eigenvalue weighted by atomic mass is 19.1. The van der Waals surface area contributed by atoms with E-state index in [0.717, 1.165) is 30.2 Å². The molecule has 1 aromatic heterocycles. The summed E-state index contributed by atoms with van der Waals surface area (Å²) < 4.78 is 49.3. The molecule has 7 nitrogen and oxygen atoms in total. The highest BCUT2D eigenvalue weighted by Gasteiger charge is 2.39. The monoisotopic (exact) mass is 575 g/mol. The lowest BCUT2D eigenvalue weighted by molar-refractivity contribution is -0.141. The minimum atomic E-state index is -0.739. The van der Waals surface area contributed by atoms with Gasteiger partial charge in [0, 0.05) is 19.2 Å². The molecule has 0 aliphatic heterocycles. The van der Waals surface area contributed by atoms with E-state index in [1.807, 2.05) is 71.9 Å². The Morgan fingerprint density at radius 1 is 1.12 bits per heavy atom. The maximum atomic E-state index is 14.8. The van der Waals surface area contributed by atoms with Gasteiger partial charge >= 0.3 is 0 Å². The van der Waals surface area contributed by atoms with Crippen molar-refractivity contribution in [2.75, 3.05) is 26.4 Å². The van der Waals surface area contributed by atoms with Crippen molar-refractivity contribution in [2.24, 2.45) is 11.1 Å². The highest BCUT2D eigenvalue weighted by Crippen LogP contribution is 2.39. The molecule has 3 rings (SSSR count). The summed E-state index contributed by atoms with van der Waals surface area (Å²) in [6.45, 7) is 11.8. The van der Waals surface area contributed by atoms with Gasteiger partial charge in [0.05, 0.1) is 18.2 Å². The van der Waals surface area contributed by atoms with Crippen LogP contribution in [0.1, 0.15) is 71.8 Å². The summed E-state index contributed by atoms with van der Waals surface area (Å²) in [5.74, 6) is -1.20. The topological polar surface area (TPSA) is 86.3 Å². The molecule has 2 atom stereocenters. The molecule has 0 saturated heterocycles. The van der Waals surface area contributed by atoms with Crippen molar-refractivity contribution in [2.45, 2.75) is 73.0 Å². The fourth-order valence-electron chi connectivity index (χ4n) is 4.37. The smallest absolute Gasteiger partial charge is 0.249 e. The lowest BCUT2D eigenvalue weighted by atomic mass is 9.84. The number of amides is 1. The molecule has 10 heteroatoms. The van der Waals surface area contributed by atoms with E-state index in [4.69, 9.17) is 15.5 Å². The molecular formula is C31H44F3N5O2. The highest BCUT2D eigenvalue weighted by molar-refractivity contribution is 5.78. The number of halogens is 3. The number of benzene rings is 2.